The first kappa shape index (κ1) is 15.3. The molecule has 0 aliphatic carbocycles. The van der Waals surface area contributed by atoms with Crippen LogP contribution in [0.1, 0.15) is 12.0 Å². The molecule has 0 saturated carbocycles. The third kappa shape index (κ3) is 3.52. The lowest BCUT2D eigenvalue weighted by Gasteiger charge is -2.24. The summed E-state index contributed by atoms with van der Waals surface area (Å²) in [6.07, 6.45) is 0.506. The van der Waals surface area contributed by atoms with Crippen molar-refractivity contribution in [3.63, 3.8) is 0 Å². The average Bonchev–Trinajstić information content (AvgIpc) is 2.72. The summed E-state index contributed by atoms with van der Waals surface area (Å²) in [5, 5.41) is 2.81. The van der Waals surface area contributed by atoms with Gasteiger partial charge in [0.25, 0.3) is 0 Å². The molecule has 1 heterocycles. The third-order valence-electron chi connectivity index (χ3n) is 3.51. The Hall–Kier alpha value is -1.08. The highest BCUT2D eigenvalue weighted by atomic mass is 79.9. The van der Waals surface area contributed by atoms with Crippen molar-refractivity contribution in [1.29, 1.82) is 0 Å². The van der Waals surface area contributed by atoms with E-state index in [1.165, 1.54) is 4.90 Å². The highest BCUT2D eigenvalue weighted by Gasteiger charge is 2.32. The van der Waals surface area contributed by atoms with Gasteiger partial charge in [0.05, 0.1) is 11.5 Å². The van der Waals surface area contributed by atoms with Gasteiger partial charge in [-0.3, -0.25) is 0 Å². The van der Waals surface area contributed by atoms with Crippen molar-refractivity contribution in [3.8, 4) is 0 Å². The van der Waals surface area contributed by atoms with Crippen molar-refractivity contribution in [1.82, 2.24) is 4.90 Å². The van der Waals surface area contributed by atoms with Crippen molar-refractivity contribution in [2.45, 2.75) is 19.4 Å². The lowest BCUT2D eigenvalue weighted by atomic mass is 10.2. The second kappa shape index (κ2) is 5.73. The second-order valence-corrected chi connectivity index (χ2v) is 8.20. The lowest BCUT2D eigenvalue weighted by Crippen LogP contribution is -2.40. The molecule has 1 aromatic rings. The van der Waals surface area contributed by atoms with Gasteiger partial charge in [-0.1, -0.05) is 15.9 Å². The van der Waals surface area contributed by atoms with Crippen molar-refractivity contribution >= 4 is 37.5 Å². The normalized spacial score (nSPS) is 20.6. The minimum absolute atomic E-state index is 0.0518. The van der Waals surface area contributed by atoms with Crippen LogP contribution in [-0.4, -0.2) is 43.9 Å². The number of nitrogens with one attached hydrogen (secondary N) is 1. The van der Waals surface area contributed by atoms with Crippen LogP contribution < -0.4 is 5.32 Å². The zero-order valence-electron chi connectivity index (χ0n) is 11.4. The van der Waals surface area contributed by atoms with E-state index in [0.29, 0.717) is 6.42 Å². The number of aryl methyl sites for hydroxylation is 1. The Morgan fingerprint density at radius 1 is 1.45 bits per heavy atom. The van der Waals surface area contributed by atoms with E-state index in [1.54, 1.807) is 7.05 Å². The van der Waals surface area contributed by atoms with Gasteiger partial charge >= 0.3 is 6.03 Å². The van der Waals surface area contributed by atoms with E-state index in [4.69, 9.17) is 0 Å². The molecule has 1 atom stereocenters. The SMILES string of the molecule is Cc1cc(Br)ccc1NC(=O)N(C)C1CCS(=O)(=O)C1. The molecule has 1 N–H and O–H groups in total. The summed E-state index contributed by atoms with van der Waals surface area (Å²) in [6.45, 7) is 1.90. The second-order valence-electron chi connectivity index (χ2n) is 5.06. The number of carbonyl (C=O) groups is 1. The summed E-state index contributed by atoms with van der Waals surface area (Å²) in [7, 11) is -1.35. The molecule has 1 saturated heterocycles. The first-order valence-electron chi connectivity index (χ1n) is 6.29. The number of benzene rings is 1. The molecule has 0 aromatic heterocycles. The van der Waals surface area contributed by atoms with Gasteiger partial charge in [0, 0.05) is 23.2 Å². The fraction of sp³-hybridized carbons (Fsp3) is 0.462. The van der Waals surface area contributed by atoms with Crippen molar-refractivity contribution in [2.24, 2.45) is 0 Å². The number of rotatable bonds is 2. The van der Waals surface area contributed by atoms with Crippen LogP contribution in [0.3, 0.4) is 0 Å². The summed E-state index contributed by atoms with van der Waals surface area (Å²) in [5.74, 6) is 0.211. The number of hydrogen-bond acceptors (Lipinski definition) is 3. The summed E-state index contributed by atoms with van der Waals surface area (Å²) in [5.41, 5.74) is 1.67. The fourth-order valence-electron chi connectivity index (χ4n) is 2.22. The Labute approximate surface area is 127 Å². The molecule has 1 aliphatic heterocycles. The highest BCUT2D eigenvalue weighted by Crippen LogP contribution is 2.22. The largest absolute Gasteiger partial charge is 0.324 e. The van der Waals surface area contributed by atoms with E-state index in [9.17, 15) is 13.2 Å². The van der Waals surface area contributed by atoms with Crippen LogP contribution >= 0.6 is 15.9 Å². The maximum Gasteiger partial charge on any atom is 0.321 e. The molecule has 0 bridgehead atoms. The number of urea groups is 1. The topological polar surface area (TPSA) is 66.5 Å². The molecular formula is C13H17BrN2O3S. The quantitative estimate of drug-likeness (QED) is 0.880. The first-order chi connectivity index (χ1) is 9.28. The summed E-state index contributed by atoms with van der Waals surface area (Å²) < 4.78 is 23.9. The minimum Gasteiger partial charge on any atom is -0.324 e. The number of hydrogen-bond donors (Lipinski definition) is 1. The monoisotopic (exact) mass is 360 g/mol. The van der Waals surface area contributed by atoms with Gasteiger partial charge in [-0.05, 0) is 37.1 Å². The maximum absolute atomic E-state index is 12.2. The van der Waals surface area contributed by atoms with E-state index >= 15 is 0 Å². The Morgan fingerprint density at radius 2 is 2.15 bits per heavy atom. The van der Waals surface area contributed by atoms with Gasteiger partial charge in [0.15, 0.2) is 9.84 Å². The molecule has 1 unspecified atom stereocenters. The van der Waals surface area contributed by atoms with E-state index in [0.717, 1.165) is 15.7 Å². The summed E-state index contributed by atoms with van der Waals surface area (Å²) in [6, 6.07) is 5.06. The molecule has 5 nitrogen and oxygen atoms in total. The zero-order valence-corrected chi connectivity index (χ0v) is 13.8. The number of halogens is 1. The molecule has 0 spiro atoms. The van der Waals surface area contributed by atoms with Gasteiger partial charge < -0.3 is 10.2 Å². The van der Waals surface area contributed by atoms with Crippen LogP contribution in [-0.2, 0) is 9.84 Å². The maximum atomic E-state index is 12.2. The number of sulfone groups is 1. The molecule has 1 fully saturated rings. The summed E-state index contributed by atoms with van der Waals surface area (Å²) >= 11 is 3.37. The fourth-order valence-corrected chi connectivity index (χ4v) is 4.47. The van der Waals surface area contributed by atoms with Crippen molar-refractivity contribution in [3.05, 3.63) is 28.2 Å². The zero-order chi connectivity index (χ0) is 14.9. The predicted molar refractivity (Wildman–Crippen MR) is 82.7 cm³/mol. The molecule has 0 radical (unpaired) electrons. The van der Waals surface area contributed by atoms with E-state index in [-0.39, 0.29) is 23.6 Å². The highest BCUT2D eigenvalue weighted by molar-refractivity contribution is 9.10. The molecule has 1 aromatic carbocycles. The number of nitrogens with zero attached hydrogens (tertiary/aromatic N) is 1. The van der Waals surface area contributed by atoms with Crippen LogP contribution in [0.15, 0.2) is 22.7 Å². The van der Waals surface area contributed by atoms with Crippen molar-refractivity contribution < 1.29 is 13.2 Å². The van der Waals surface area contributed by atoms with Crippen LogP contribution in [0.4, 0.5) is 10.5 Å². The lowest BCUT2D eigenvalue weighted by molar-refractivity contribution is 0.209. The van der Waals surface area contributed by atoms with Gasteiger partial charge in [-0.15, -0.1) is 0 Å². The van der Waals surface area contributed by atoms with E-state index < -0.39 is 9.84 Å². The van der Waals surface area contributed by atoms with E-state index in [1.807, 2.05) is 25.1 Å². The van der Waals surface area contributed by atoms with E-state index in [2.05, 4.69) is 21.2 Å². The number of carbonyl (C=O) groups excluding carboxylic acids is 1. The molecule has 1 aliphatic rings. The van der Waals surface area contributed by atoms with Gasteiger partial charge in [-0.2, -0.15) is 0 Å². The molecule has 110 valence electrons. The summed E-state index contributed by atoms with van der Waals surface area (Å²) in [4.78, 5) is 13.6. The van der Waals surface area contributed by atoms with Crippen LogP contribution in [0.2, 0.25) is 0 Å². The molecule has 7 heteroatoms. The van der Waals surface area contributed by atoms with Gasteiger partial charge in [0.2, 0.25) is 0 Å². The van der Waals surface area contributed by atoms with Gasteiger partial charge in [-0.25, -0.2) is 13.2 Å². The van der Waals surface area contributed by atoms with Gasteiger partial charge in [0.1, 0.15) is 0 Å². The molecule has 20 heavy (non-hydrogen) atoms. The molecular weight excluding hydrogens is 344 g/mol. The Morgan fingerprint density at radius 3 is 2.70 bits per heavy atom. The molecule has 2 amide bonds. The first-order valence-corrected chi connectivity index (χ1v) is 8.90. The number of anilines is 1. The van der Waals surface area contributed by atoms with Crippen LogP contribution in [0, 0.1) is 6.92 Å². The van der Waals surface area contributed by atoms with Crippen LogP contribution in [0.5, 0.6) is 0 Å². The molecule has 2 rings (SSSR count). The Bertz CT molecular complexity index is 631. The number of amides is 2. The Balaban J connectivity index is 2.05. The third-order valence-corrected chi connectivity index (χ3v) is 5.75. The van der Waals surface area contributed by atoms with Crippen LogP contribution in [0.25, 0.3) is 0 Å². The predicted octanol–water partition coefficient (Wildman–Crippen LogP) is 2.41. The minimum atomic E-state index is -2.99. The average molecular weight is 361 g/mol. The van der Waals surface area contributed by atoms with Crippen molar-refractivity contribution in [2.75, 3.05) is 23.9 Å². The smallest absolute Gasteiger partial charge is 0.321 e. The Kier molecular flexibility index (Phi) is 4.39. The standard InChI is InChI=1S/C13H17BrN2O3S/c1-9-7-10(14)3-4-12(9)15-13(17)16(2)11-5-6-20(18,19)8-11/h3-4,7,11H,5-6,8H2,1-2H3,(H,15,17).